The normalized spacial score (nSPS) is 12.2. The van der Waals surface area contributed by atoms with Crippen LogP contribution in [0.2, 0.25) is 0 Å². The number of carbonyl (C=O) groups is 1. The number of aromatic nitrogens is 5. The number of fused-ring (bicyclic) bond motifs is 1. The maximum Gasteiger partial charge on any atom is 0.231 e. The monoisotopic (exact) mass is 487 g/mol. The zero-order valence-electron chi connectivity index (χ0n) is 19.6. The molecule has 0 saturated carbocycles. The van der Waals surface area contributed by atoms with Crippen LogP contribution in [0.5, 0.6) is 11.5 Å². The number of Topliss-reactive ketones (excluding diaryl/α,β-unsaturated/α-hetero) is 1. The van der Waals surface area contributed by atoms with E-state index in [1.165, 1.54) is 11.8 Å². The second kappa shape index (κ2) is 9.79. The highest BCUT2D eigenvalue weighted by atomic mass is 32.2. The Balaban J connectivity index is 1.32. The largest absolute Gasteiger partial charge is 0.454 e. The van der Waals surface area contributed by atoms with Gasteiger partial charge in [-0.25, -0.2) is 0 Å². The van der Waals surface area contributed by atoms with Crippen LogP contribution in [0, 0.1) is 13.8 Å². The summed E-state index contributed by atoms with van der Waals surface area (Å²) >= 11 is 1.38. The highest BCUT2D eigenvalue weighted by Crippen LogP contribution is 2.33. The van der Waals surface area contributed by atoms with E-state index in [9.17, 15) is 4.79 Å². The predicted octanol–water partition coefficient (Wildman–Crippen LogP) is 4.70. The maximum atomic E-state index is 13.2. The van der Waals surface area contributed by atoms with Gasteiger partial charge in [0, 0.05) is 48.0 Å². The lowest BCUT2D eigenvalue weighted by Crippen LogP contribution is -2.08. The molecule has 0 radical (unpaired) electrons. The molecule has 9 heteroatoms. The van der Waals surface area contributed by atoms with Crippen molar-refractivity contribution >= 4 is 17.5 Å². The number of benzene rings is 1. The van der Waals surface area contributed by atoms with Crippen molar-refractivity contribution in [1.29, 1.82) is 0 Å². The predicted molar refractivity (Wildman–Crippen MR) is 134 cm³/mol. The van der Waals surface area contributed by atoms with Crippen molar-refractivity contribution in [3.05, 3.63) is 84.0 Å². The minimum atomic E-state index is 0.0520. The molecule has 0 unspecified atom stereocenters. The summed E-state index contributed by atoms with van der Waals surface area (Å²) < 4.78 is 15.0. The SMILES string of the molecule is C=CCn1c(SCC(=O)c2cc(C)n(Cc3ccc4c(c3)OCO4)c2C)nnc1-c1cccnc1. The fraction of sp³-hybridized carbons (Fsp3) is 0.231. The van der Waals surface area contributed by atoms with Crippen molar-refractivity contribution in [2.75, 3.05) is 12.5 Å². The summed E-state index contributed by atoms with van der Waals surface area (Å²) in [6, 6.07) is 11.7. The first kappa shape index (κ1) is 22.9. The number of ketones is 1. The van der Waals surface area contributed by atoms with Crippen molar-refractivity contribution in [3.63, 3.8) is 0 Å². The highest BCUT2D eigenvalue weighted by molar-refractivity contribution is 7.99. The molecule has 0 aliphatic carbocycles. The Morgan fingerprint density at radius 3 is 2.80 bits per heavy atom. The van der Waals surface area contributed by atoms with Gasteiger partial charge >= 0.3 is 0 Å². The standard InChI is InChI=1S/C26H25N5O3S/c1-4-10-30-25(20-6-5-9-27-13-20)28-29-26(30)35-15-22(32)21-11-17(2)31(18(21)3)14-19-7-8-23-24(12-19)34-16-33-23/h4-9,11-13H,1,10,14-16H2,2-3H3. The third-order valence-corrected chi connectivity index (χ3v) is 6.90. The molecule has 1 aliphatic heterocycles. The van der Waals surface area contributed by atoms with Gasteiger partial charge in [-0.2, -0.15) is 0 Å². The average molecular weight is 488 g/mol. The molecule has 3 aromatic heterocycles. The van der Waals surface area contributed by atoms with Crippen LogP contribution in [0.15, 0.2) is 66.6 Å². The second-order valence-corrected chi connectivity index (χ2v) is 9.16. The van der Waals surface area contributed by atoms with Gasteiger partial charge in [0.25, 0.3) is 0 Å². The van der Waals surface area contributed by atoms with E-state index in [0.717, 1.165) is 39.6 Å². The smallest absolute Gasteiger partial charge is 0.231 e. The molecule has 4 aromatic rings. The number of aryl methyl sites for hydroxylation is 1. The summed E-state index contributed by atoms with van der Waals surface area (Å²) in [6.07, 6.45) is 5.26. The van der Waals surface area contributed by atoms with E-state index in [-0.39, 0.29) is 18.3 Å². The van der Waals surface area contributed by atoms with Gasteiger partial charge in [-0.15, -0.1) is 16.8 Å². The number of hydrogen-bond donors (Lipinski definition) is 0. The number of pyridine rings is 1. The number of hydrogen-bond acceptors (Lipinski definition) is 7. The molecule has 0 N–H and O–H groups in total. The number of allylic oxidation sites excluding steroid dienone is 1. The fourth-order valence-corrected chi connectivity index (χ4v) is 4.99. The van der Waals surface area contributed by atoms with Crippen LogP contribution >= 0.6 is 11.8 Å². The summed E-state index contributed by atoms with van der Waals surface area (Å²) in [5.41, 5.74) is 4.64. The van der Waals surface area contributed by atoms with Crippen molar-refractivity contribution < 1.29 is 14.3 Å². The first-order valence-electron chi connectivity index (χ1n) is 11.2. The van der Waals surface area contributed by atoms with Crippen LogP contribution in [0.4, 0.5) is 0 Å². The van der Waals surface area contributed by atoms with E-state index in [1.807, 2.05) is 54.8 Å². The van der Waals surface area contributed by atoms with Crippen LogP contribution in [0.3, 0.4) is 0 Å². The number of nitrogens with zero attached hydrogens (tertiary/aromatic N) is 5. The van der Waals surface area contributed by atoms with E-state index >= 15 is 0 Å². The van der Waals surface area contributed by atoms with Crippen LogP contribution in [0.1, 0.15) is 27.3 Å². The number of ether oxygens (including phenoxy) is 2. The summed E-state index contributed by atoms with van der Waals surface area (Å²) in [7, 11) is 0. The molecular formula is C26H25N5O3S. The summed E-state index contributed by atoms with van der Waals surface area (Å²) in [5.74, 6) is 2.54. The van der Waals surface area contributed by atoms with Gasteiger partial charge in [-0.3, -0.25) is 14.3 Å². The quantitative estimate of drug-likeness (QED) is 0.192. The summed E-state index contributed by atoms with van der Waals surface area (Å²) in [6.45, 7) is 9.29. The molecule has 1 aromatic carbocycles. The van der Waals surface area contributed by atoms with E-state index in [0.29, 0.717) is 24.1 Å². The lowest BCUT2D eigenvalue weighted by Gasteiger charge is -2.11. The Hall–Kier alpha value is -3.85. The zero-order chi connectivity index (χ0) is 24.4. The Morgan fingerprint density at radius 1 is 1.14 bits per heavy atom. The molecule has 0 spiro atoms. The molecule has 0 atom stereocenters. The Kier molecular flexibility index (Phi) is 6.41. The molecule has 178 valence electrons. The Bertz CT molecular complexity index is 1390. The lowest BCUT2D eigenvalue weighted by atomic mass is 10.1. The molecule has 0 fully saturated rings. The molecule has 35 heavy (non-hydrogen) atoms. The van der Waals surface area contributed by atoms with E-state index in [4.69, 9.17) is 9.47 Å². The van der Waals surface area contributed by atoms with E-state index < -0.39 is 0 Å². The molecule has 4 heterocycles. The molecular weight excluding hydrogens is 462 g/mol. The topological polar surface area (TPSA) is 84.1 Å². The van der Waals surface area contributed by atoms with Crippen molar-refractivity contribution in [3.8, 4) is 22.9 Å². The van der Waals surface area contributed by atoms with Gasteiger partial charge in [0.05, 0.1) is 5.75 Å². The fourth-order valence-electron chi connectivity index (χ4n) is 4.15. The zero-order valence-corrected chi connectivity index (χ0v) is 20.4. The van der Waals surface area contributed by atoms with Gasteiger partial charge in [0.1, 0.15) is 0 Å². The first-order valence-corrected chi connectivity index (χ1v) is 12.2. The molecule has 0 saturated heterocycles. The van der Waals surface area contributed by atoms with Gasteiger partial charge in [0.15, 0.2) is 28.3 Å². The van der Waals surface area contributed by atoms with Crippen molar-refractivity contribution in [1.82, 2.24) is 24.3 Å². The summed E-state index contributed by atoms with van der Waals surface area (Å²) in [5, 5.41) is 9.33. The van der Waals surface area contributed by atoms with Crippen molar-refractivity contribution in [2.24, 2.45) is 0 Å². The lowest BCUT2D eigenvalue weighted by molar-refractivity contribution is 0.102. The van der Waals surface area contributed by atoms with Crippen LogP contribution in [0.25, 0.3) is 11.4 Å². The maximum absolute atomic E-state index is 13.2. The molecule has 1 aliphatic rings. The molecule has 5 rings (SSSR count). The Labute approximate surface area is 207 Å². The Morgan fingerprint density at radius 2 is 2.00 bits per heavy atom. The van der Waals surface area contributed by atoms with Gasteiger partial charge in [-0.1, -0.05) is 23.9 Å². The third-order valence-electron chi connectivity index (χ3n) is 5.93. The van der Waals surface area contributed by atoms with Crippen molar-refractivity contribution in [2.45, 2.75) is 32.1 Å². The minimum absolute atomic E-state index is 0.0520. The number of carbonyl (C=O) groups excluding carboxylic acids is 1. The number of rotatable bonds is 9. The van der Waals surface area contributed by atoms with Gasteiger partial charge < -0.3 is 14.0 Å². The van der Waals surface area contributed by atoms with Gasteiger partial charge in [0.2, 0.25) is 6.79 Å². The molecule has 8 nitrogen and oxygen atoms in total. The third kappa shape index (κ3) is 4.59. The van der Waals surface area contributed by atoms with Crippen LogP contribution in [-0.4, -0.2) is 42.6 Å². The van der Waals surface area contributed by atoms with E-state index in [1.54, 1.807) is 18.5 Å². The van der Waals surface area contributed by atoms with Crippen LogP contribution < -0.4 is 9.47 Å². The van der Waals surface area contributed by atoms with Gasteiger partial charge in [-0.05, 0) is 49.7 Å². The number of thioether (sulfide) groups is 1. The first-order chi connectivity index (χ1) is 17.0. The van der Waals surface area contributed by atoms with E-state index in [2.05, 4.69) is 26.3 Å². The summed E-state index contributed by atoms with van der Waals surface area (Å²) in [4.78, 5) is 17.4. The molecule has 0 bridgehead atoms. The van der Waals surface area contributed by atoms with Crippen LogP contribution in [-0.2, 0) is 13.1 Å². The molecule has 0 amide bonds. The average Bonchev–Trinajstić information content (AvgIpc) is 3.57. The highest BCUT2D eigenvalue weighted by Gasteiger charge is 2.20. The second-order valence-electron chi connectivity index (χ2n) is 8.22. The minimum Gasteiger partial charge on any atom is -0.454 e.